The van der Waals surface area contributed by atoms with Crippen molar-refractivity contribution in [1.82, 2.24) is 10.2 Å². The first-order valence-electron chi connectivity index (χ1n) is 6.87. The van der Waals surface area contributed by atoms with Crippen LogP contribution < -0.4 is 5.32 Å². The van der Waals surface area contributed by atoms with Crippen LogP contribution in [-0.4, -0.2) is 60.9 Å². The van der Waals surface area contributed by atoms with Gasteiger partial charge in [0.25, 0.3) is 0 Å². The van der Waals surface area contributed by atoms with Crippen molar-refractivity contribution in [3.05, 3.63) is 0 Å². The number of amides is 1. The van der Waals surface area contributed by atoms with E-state index in [2.05, 4.69) is 5.32 Å². The van der Waals surface area contributed by atoms with E-state index in [-0.39, 0.29) is 11.9 Å². The van der Waals surface area contributed by atoms with Gasteiger partial charge in [0.05, 0.1) is 18.2 Å². The van der Waals surface area contributed by atoms with Crippen LogP contribution in [0.4, 0.5) is 0 Å². The molecular formula is C13H24N2O3. The van der Waals surface area contributed by atoms with Crippen molar-refractivity contribution in [2.24, 2.45) is 5.92 Å². The number of carbonyl (C=O) groups is 1. The van der Waals surface area contributed by atoms with Crippen LogP contribution in [0.25, 0.3) is 0 Å². The predicted octanol–water partition coefficient (Wildman–Crippen LogP) is -0.0173. The molecule has 1 aliphatic heterocycles. The Labute approximate surface area is 108 Å². The number of nitrogens with zero attached hydrogens (tertiary/aromatic N) is 1. The van der Waals surface area contributed by atoms with Gasteiger partial charge in [-0.3, -0.25) is 4.79 Å². The highest BCUT2D eigenvalue weighted by Gasteiger charge is 2.35. The van der Waals surface area contributed by atoms with Crippen LogP contribution in [0.2, 0.25) is 0 Å². The summed E-state index contributed by atoms with van der Waals surface area (Å²) in [6.07, 6.45) is 2.51. The largest absolute Gasteiger partial charge is 0.390 e. The van der Waals surface area contributed by atoms with Crippen molar-refractivity contribution in [3.63, 3.8) is 0 Å². The SMILES string of the molecule is CCOC1CC(CC(=O)N(C)[C@@H]2CNC[C@H]2O)C1. The zero-order valence-electron chi connectivity index (χ0n) is 11.3. The summed E-state index contributed by atoms with van der Waals surface area (Å²) in [7, 11) is 1.79. The maximum Gasteiger partial charge on any atom is 0.222 e. The lowest BCUT2D eigenvalue weighted by Crippen LogP contribution is -2.45. The summed E-state index contributed by atoms with van der Waals surface area (Å²) in [4.78, 5) is 13.8. The highest BCUT2D eigenvalue weighted by atomic mass is 16.5. The molecule has 0 aromatic heterocycles. The van der Waals surface area contributed by atoms with Gasteiger partial charge < -0.3 is 20.1 Å². The summed E-state index contributed by atoms with van der Waals surface area (Å²) in [6, 6.07) is -0.0692. The molecule has 0 radical (unpaired) electrons. The molecule has 5 nitrogen and oxygen atoms in total. The topological polar surface area (TPSA) is 61.8 Å². The minimum atomic E-state index is -0.434. The Morgan fingerprint density at radius 3 is 2.72 bits per heavy atom. The Bertz CT molecular complexity index is 292. The molecule has 1 heterocycles. The van der Waals surface area contributed by atoms with Crippen molar-refractivity contribution in [3.8, 4) is 0 Å². The second kappa shape index (κ2) is 5.99. The van der Waals surface area contributed by atoms with Gasteiger partial charge in [-0.05, 0) is 25.7 Å². The van der Waals surface area contributed by atoms with Gasteiger partial charge in [0.1, 0.15) is 0 Å². The van der Waals surface area contributed by atoms with Crippen LogP contribution in [-0.2, 0) is 9.53 Å². The van der Waals surface area contributed by atoms with Crippen LogP contribution in [0.5, 0.6) is 0 Å². The fourth-order valence-corrected chi connectivity index (χ4v) is 2.84. The van der Waals surface area contributed by atoms with E-state index in [0.29, 0.717) is 31.5 Å². The molecule has 1 amide bonds. The quantitative estimate of drug-likeness (QED) is 0.726. The average Bonchev–Trinajstić information content (AvgIpc) is 2.71. The second-order valence-electron chi connectivity index (χ2n) is 5.42. The molecule has 104 valence electrons. The number of carbonyl (C=O) groups excluding carboxylic acids is 1. The van der Waals surface area contributed by atoms with E-state index in [1.807, 2.05) is 6.92 Å². The van der Waals surface area contributed by atoms with Crippen LogP contribution in [0, 0.1) is 5.92 Å². The van der Waals surface area contributed by atoms with E-state index < -0.39 is 6.10 Å². The van der Waals surface area contributed by atoms with E-state index in [4.69, 9.17) is 4.74 Å². The molecule has 2 fully saturated rings. The number of ether oxygens (including phenoxy) is 1. The third-order valence-electron chi connectivity index (χ3n) is 4.10. The predicted molar refractivity (Wildman–Crippen MR) is 68.2 cm³/mol. The number of aliphatic hydroxyl groups is 1. The highest BCUT2D eigenvalue weighted by Crippen LogP contribution is 2.33. The van der Waals surface area contributed by atoms with Crippen molar-refractivity contribution >= 4 is 5.91 Å². The number of likely N-dealkylation sites (N-methyl/N-ethyl adjacent to an activating group) is 1. The Hall–Kier alpha value is -0.650. The molecule has 5 heteroatoms. The fraction of sp³-hybridized carbons (Fsp3) is 0.923. The zero-order chi connectivity index (χ0) is 13.1. The Morgan fingerprint density at radius 1 is 1.44 bits per heavy atom. The van der Waals surface area contributed by atoms with Crippen molar-refractivity contribution in [1.29, 1.82) is 0 Å². The first kappa shape index (κ1) is 13.8. The van der Waals surface area contributed by atoms with Gasteiger partial charge in [-0.1, -0.05) is 0 Å². The molecule has 18 heavy (non-hydrogen) atoms. The minimum Gasteiger partial charge on any atom is -0.390 e. The number of aliphatic hydroxyl groups excluding tert-OH is 1. The minimum absolute atomic E-state index is 0.0692. The maximum atomic E-state index is 12.1. The molecule has 1 saturated heterocycles. The first-order chi connectivity index (χ1) is 8.61. The Balaban J connectivity index is 1.72. The lowest BCUT2D eigenvalue weighted by atomic mass is 9.79. The molecule has 2 atom stereocenters. The van der Waals surface area contributed by atoms with Gasteiger partial charge in [0.15, 0.2) is 0 Å². The fourth-order valence-electron chi connectivity index (χ4n) is 2.84. The number of nitrogens with one attached hydrogen (secondary N) is 1. The highest BCUT2D eigenvalue weighted by molar-refractivity contribution is 5.76. The summed E-state index contributed by atoms with van der Waals surface area (Å²) in [5.41, 5.74) is 0. The van der Waals surface area contributed by atoms with Crippen molar-refractivity contribution in [2.75, 3.05) is 26.7 Å². The first-order valence-corrected chi connectivity index (χ1v) is 6.87. The van der Waals surface area contributed by atoms with Gasteiger partial charge >= 0.3 is 0 Å². The monoisotopic (exact) mass is 256 g/mol. The molecular weight excluding hydrogens is 232 g/mol. The third-order valence-corrected chi connectivity index (χ3v) is 4.10. The summed E-state index contributed by atoms with van der Waals surface area (Å²) in [5.74, 6) is 0.603. The van der Waals surface area contributed by atoms with Gasteiger partial charge in [0.2, 0.25) is 5.91 Å². The van der Waals surface area contributed by atoms with E-state index in [1.54, 1.807) is 11.9 Å². The molecule has 0 aromatic carbocycles. The number of β-amino-alcohol motifs (C(OH)–C–C–N with tert-alkyl or cyclic N) is 1. The van der Waals surface area contributed by atoms with Crippen LogP contribution in [0.15, 0.2) is 0 Å². The summed E-state index contributed by atoms with van der Waals surface area (Å²) < 4.78 is 5.49. The zero-order valence-corrected chi connectivity index (χ0v) is 11.3. The van der Waals surface area contributed by atoms with Gasteiger partial charge in [0, 0.05) is 33.2 Å². The molecule has 1 saturated carbocycles. The Kier molecular flexibility index (Phi) is 4.59. The second-order valence-corrected chi connectivity index (χ2v) is 5.42. The van der Waals surface area contributed by atoms with E-state index >= 15 is 0 Å². The van der Waals surface area contributed by atoms with Crippen LogP contribution in [0.3, 0.4) is 0 Å². The summed E-state index contributed by atoms with van der Waals surface area (Å²) in [6.45, 7) is 4.03. The Morgan fingerprint density at radius 2 is 2.17 bits per heavy atom. The average molecular weight is 256 g/mol. The molecule has 0 aromatic rings. The molecule has 2 N–H and O–H groups in total. The summed E-state index contributed by atoms with van der Waals surface area (Å²) in [5, 5.41) is 12.8. The van der Waals surface area contributed by atoms with Gasteiger partial charge in [-0.2, -0.15) is 0 Å². The van der Waals surface area contributed by atoms with Gasteiger partial charge in [-0.25, -0.2) is 0 Å². The lowest BCUT2D eigenvalue weighted by Gasteiger charge is -2.36. The normalized spacial score (nSPS) is 35.3. The lowest BCUT2D eigenvalue weighted by molar-refractivity contribution is -0.136. The van der Waals surface area contributed by atoms with E-state index in [1.165, 1.54) is 0 Å². The van der Waals surface area contributed by atoms with Crippen LogP contribution >= 0.6 is 0 Å². The standard InChI is InChI=1S/C13H24N2O3/c1-3-18-10-4-9(5-10)6-13(17)15(2)11-7-14-8-12(11)16/h9-12,14,16H,3-8H2,1-2H3/t9?,10?,11-,12-/m1/s1. The number of hydrogen-bond donors (Lipinski definition) is 2. The van der Waals surface area contributed by atoms with Crippen molar-refractivity contribution < 1.29 is 14.6 Å². The van der Waals surface area contributed by atoms with Crippen molar-refractivity contribution in [2.45, 2.75) is 44.4 Å². The molecule has 0 spiro atoms. The smallest absolute Gasteiger partial charge is 0.222 e. The molecule has 0 bridgehead atoms. The maximum absolute atomic E-state index is 12.1. The summed E-state index contributed by atoms with van der Waals surface area (Å²) >= 11 is 0. The molecule has 1 aliphatic carbocycles. The van der Waals surface area contributed by atoms with Crippen LogP contribution in [0.1, 0.15) is 26.2 Å². The molecule has 2 rings (SSSR count). The van der Waals surface area contributed by atoms with E-state index in [0.717, 1.165) is 19.4 Å². The third kappa shape index (κ3) is 3.02. The number of rotatable bonds is 5. The van der Waals surface area contributed by atoms with Gasteiger partial charge in [-0.15, -0.1) is 0 Å². The molecule has 0 unspecified atom stereocenters. The number of hydrogen-bond acceptors (Lipinski definition) is 4. The van der Waals surface area contributed by atoms with E-state index in [9.17, 15) is 9.90 Å². The molecule has 2 aliphatic rings.